The molecule has 1 amide bonds. The first-order valence-electron chi connectivity index (χ1n) is 7.69. The number of ether oxygens (including phenoxy) is 1. The Balaban J connectivity index is 1.77. The van der Waals surface area contributed by atoms with Crippen molar-refractivity contribution < 1.29 is 18.3 Å². The zero-order valence-corrected chi connectivity index (χ0v) is 16.0. The van der Waals surface area contributed by atoms with Gasteiger partial charge in [-0.2, -0.15) is 0 Å². The van der Waals surface area contributed by atoms with Crippen LogP contribution in [0.15, 0.2) is 71.5 Å². The molecular weight excluding hydrogens is 442 g/mol. The van der Waals surface area contributed by atoms with Gasteiger partial charge in [0.2, 0.25) is 0 Å². The minimum atomic E-state index is -3.79. The van der Waals surface area contributed by atoms with Crippen LogP contribution in [-0.4, -0.2) is 16.5 Å². The van der Waals surface area contributed by atoms with Crippen molar-refractivity contribution in [2.45, 2.75) is 5.57 Å². The first-order chi connectivity index (χ1) is 12.8. The molecule has 0 saturated heterocycles. The van der Waals surface area contributed by atoms with Crippen molar-refractivity contribution >= 4 is 39.1 Å². The van der Waals surface area contributed by atoms with E-state index in [1.54, 1.807) is 30.6 Å². The Bertz CT molecular complexity index is 948. The molecule has 0 aliphatic carbocycles. The summed E-state index contributed by atoms with van der Waals surface area (Å²) in [7, 11) is 0. The Labute approximate surface area is 167 Å². The second-order valence-electron chi connectivity index (χ2n) is 5.46. The predicted octanol–water partition coefficient (Wildman–Crippen LogP) is 5.93. The SMILES string of the molecule is O=C(Nc1ccc(OC(F)(F)Cl)cc1)c1ccc(Br)c(-c2cccnc2)c1. The summed E-state index contributed by atoms with van der Waals surface area (Å²) in [6.45, 7) is 0. The summed E-state index contributed by atoms with van der Waals surface area (Å²) in [4.78, 5) is 16.6. The molecule has 0 radical (unpaired) electrons. The van der Waals surface area contributed by atoms with Crippen LogP contribution in [0.5, 0.6) is 5.75 Å². The molecule has 27 heavy (non-hydrogen) atoms. The summed E-state index contributed by atoms with van der Waals surface area (Å²) in [6, 6.07) is 14.3. The molecule has 0 fully saturated rings. The predicted molar refractivity (Wildman–Crippen MR) is 103 cm³/mol. The van der Waals surface area contributed by atoms with E-state index in [2.05, 4.69) is 31.0 Å². The maximum atomic E-state index is 12.6. The third-order valence-corrected chi connectivity index (χ3v) is 4.32. The van der Waals surface area contributed by atoms with Gasteiger partial charge in [-0.3, -0.25) is 9.78 Å². The van der Waals surface area contributed by atoms with Crippen LogP contribution in [0.25, 0.3) is 11.1 Å². The van der Waals surface area contributed by atoms with Gasteiger partial charge in [0.1, 0.15) is 5.75 Å². The number of aromatic nitrogens is 1. The molecule has 1 aromatic heterocycles. The lowest BCUT2D eigenvalue weighted by atomic mass is 10.0. The molecule has 0 atom stereocenters. The average molecular weight is 454 g/mol. The van der Waals surface area contributed by atoms with Gasteiger partial charge in [-0.15, -0.1) is 8.78 Å². The topological polar surface area (TPSA) is 51.2 Å². The molecule has 8 heteroatoms. The second kappa shape index (κ2) is 8.02. The lowest BCUT2D eigenvalue weighted by Gasteiger charge is -2.12. The number of rotatable bonds is 5. The normalized spacial score (nSPS) is 11.1. The minimum Gasteiger partial charge on any atom is -0.420 e. The van der Waals surface area contributed by atoms with E-state index in [1.807, 2.05) is 12.1 Å². The molecule has 0 aliphatic rings. The van der Waals surface area contributed by atoms with Crippen LogP contribution in [-0.2, 0) is 0 Å². The van der Waals surface area contributed by atoms with Gasteiger partial charge < -0.3 is 10.1 Å². The van der Waals surface area contributed by atoms with E-state index in [9.17, 15) is 13.6 Å². The quantitative estimate of drug-likeness (QED) is 0.487. The molecule has 4 nitrogen and oxygen atoms in total. The standard InChI is InChI=1S/C19H12BrClF2N2O2/c20-17-8-3-12(10-16(17)13-2-1-9-24-11-13)18(26)25-14-4-6-15(7-5-14)27-19(21,22)23/h1-11H,(H,25,26). The van der Waals surface area contributed by atoms with Crippen molar-refractivity contribution in [3.63, 3.8) is 0 Å². The minimum absolute atomic E-state index is 0.115. The number of nitrogens with one attached hydrogen (secondary N) is 1. The lowest BCUT2D eigenvalue weighted by molar-refractivity contribution is -0.0964. The van der Waals surface area contributed by atoms with Gasteiger partial charge in [-0.25, -0.2) is 0 Å². The molecule has 3 rings (SSSR count). The zero-order valence-electron chi connectivity index (χ0n) is 13.6. The molecule has 2 aromatic carbocycles. The Morgan fingerprint density at radius 2 is 1.89 bits per heavy atom. The smallest absolute Gasteiger partial charge is 0.420 e. The van der Waals surface area contributed by atoms with Gasteiger partial charge in [-0.1, -0.05) is 22.0 Å². The van der Waals surface area contributed by atoms with Crippen LogP contribution in [0.4, 0.5) is 14.5 Å². The molecule has 0 unspecified atom stereocenters. The van der Waals surface area contributed by atoms with Crippen molar-refractivity contribution in [1.82, 2.24) is 4.98 Å². The highest BCUT2D eigenvalue weighted by Gasteiger charge is 2.27. The van der Waals surface area contributed by atoms with Crippen molar-refractivity contribution in [2.24, 2.45) is 0 Å². The van der Waals surface area contributed by atoms with E-state index in [4.69, 9.17) is 11.6 Å². The number of anilines is 1. The molecule has 0 aliphatic heterocycles. The molecule has 0 saturated carbocycles. The number of halogens is 4. The number of nitrogens with zero attached hydrogens (tertiary/aromatic N) is 1. The fourth-order valence-corrected chi connectivity index (χ4v) is 2.92. The highest BCUT2D eigenvalue weighted by atomic mass is 79.9. The monoisotopic (exact) mass is 452 g/mol. The number of hydrogen-bond acceptors (Lipinski definition) is 3. The van der Waals surface area contributed by atoms with Gasteiger partial charge in [0.25, 0.3) is 5.91 Å². The number of carbonyl (C=O) groups excluding carboxylic acids is 1. The summed E-state index contributed by atoms with van der Waals surface area (Å²) in [5.74, 6) is -0.459. The van der Waals surface area contributed by atoms with Crippen molar-refractivity contribution in [3.8, 4) is 16.9 Å². The summed E-state index contributed by atoms with van der Waals surface area (Å²) in [6.07, 6.45) is 3.37. The van der Waals surface area contributed by atoms with Crippen molar-refractivity contribution in [1.29, 1.82) is 0 Å². The fourth-order valence-electron chi connectivity index (χ4n) is 2.35. The van der Waals surface area contributed by atoms with Crippen molar-refractivity contribution in [3.05, 3.63) is 77.0 Å². The largest absolute Gasteiger partial charge is 0.487 e. The average Bonchev–Trinajstić information content (AvgIpc) is 2.63. The molecular formula is C19H12BrClF2N2O2. The molecule has 138 valence electrons. The number of alkyl halides is 3. The Morgan fingerprint density at radius 3 is 2.52 bits per heavy atom. The summed E-state index contributed by atoms with van der Waals surface area (Å²) in [5.41, 5.74) is -1.24. The zero-order chi connectivity index (χ0) is 19.4. The molecule has 3 aromatic rings. The summed E-state index contributed by atoms with van der Waals surface area (Å²) < 4.78 is 30.3. The maximum Gasteiger partial charge on any atom is 0.487 e. The van der Waals surface area contributed by atoms with E-state index >= 15 is 0 Å². The highest BCUT2D eigenvalue weighted by molar-refractivity contribution is 9.10. The maximum absolute atomic E-state index is 12.6. The molecule has 0 spiro atoms. The highest BCUT2D eigenvalue weighted by Crippen LogP contribution is 2.29. The Morgan fingerprint density at radius 1 is 1.15 bits per heavy atom. The van der Waals surface area contributed by atoms with Gasteiger partial charge in [0.05, 0.1) is 0 Å². The van der Waals surface area contributed by atoms with Gasteiger partial charge in [0, 0.05) is 45.3 Å². The van der Waals surface area contributed by atoms with E-state index in [0.29, 0.717) is 11.3 Å². The summed E-state index contributed by atoms with van der Waals surface area (Å²) in [5, 5.41) is 2.70. The van der Waals surface area contributed by atoms with Crippen molar-refractivity contribution in [2.75, 3.05) is 5.32 Å². The van der Waals surface area contributed by atoms with Gasteiger partial charge in [0.15, 0.2) is 0 Å². The van der Waals surface area contributed by atoms with Crippen LogP contribution in [0.2, 0.25) is 0 Å². The Kier molecular flexibility index (Phi) is 5.72. The molecule has 0 bridgehead atoms. The second-order valence-corrected chi connectivity index (χ2v) is 6.76. The van der Waals surface area contributed by atoms with E-state index < -0.39 is 5.57 Å². The van der Waals surface area contributed by atoms with Crippen LogP contribution >= 0.6 is 27.5 Å². The summed E-state index contributed by atoms with van der Waals surface area (Å²) >= 11 is 8.19. The third-order valence-electron chi connectivity index (χ3n) is 3.55. The van der Waals surface area contributed by atoms with Crippen LogP contribution in [0.1, 0.15) is 10.4 Å². The van der Waals surface area contributed by atoms with Crippen LogP contribution in [0.3, 0.4) is 0 Å². The third kappa shape index (κ3) is 5.24. The Hall–Kier alpha value is -2.51. The molecule has 1 N–H and O–H groups in total. The number of pyridine rings is 1. The van der Waals surface area contributed by atoms with E-state index in [-0.39, 0.29) is 11.7 Å². The number of amides is 1. The number of carbonyl (C=O) groups is 1. The number of benzene rings is 2. The van der Waals surface area contributed by atoms with E-state index in [1.165, 1.54) is 24.3 Å². The van der Waals surface area contributed by atoms with Gasteiger partial charge >= 0.3 is 5.57 Å². The van der Waals surface area contributed by atoms with Gasteiger partial charge in [-0.05, 0) is 54.1 Å². The lowest BCUT2D eigenvalue weighted by Crippen LogP contribution is -2.15. The number of hydrogen-bond donors (Lipinski definition) is 1. The van der Waals surface area contributed by atoms with E-state index in [0.717, 1.165) is 15.6 Å². The van der Waals surface area contributed by atoms with Crippen LogP contribution < -0.4 is 10.1 Å². The first kappa shape index (κ1) is 19.3. The molecule has 1 heterocycles. The fraction of sp³-hybridized carbons (Fsp3) is 0.0526. The first-order valence-corrected chi connectivity index (χ1v) is 8.86. The van der Waals surface area contributed by atoms with Crippen LogP contribution in [0, 0.1) is 0 Å².